The van der Waals surface area contributed by atoms with Crippen LogP contribution in [0.1, 0.15) is 11.3 Å². The molecular formula is C12H16N4O3S. The lowest BCUT2D eigenvalue weighted by Crippen LogP contribution is -2.22. The highest BCUT2D eigenvalue weighted by Gasteiger charge is 2.17. The maximum Gasteiger partial charge on any atom is 0.242 e. The third kappa shape index (κ3) is 3.03. The van der Waals surface area contributed by atoms with Crippen molar-refractivity contribution < 1.29 is 13.5 Å². The standard InChI is InChI=1S/C12H16N4O3S/c1-15(2)20(18,19)12-5-3-4-10(6-12)7-16-8-11(9-17)13-14-16/h3-6,8,17H,7,9H2,1-2H3. The van der Waals surface area contributed by atoms with E-state index in [1.54, 1.807) is 29.1 Å². The highest BCUT2D eigenvalue weighted by atomic mass is 32.2. The minimum atomic E-state index is -3.44. The molecule has 0 spiro atoms. The molecule has 8 heteroatoms. The Balaban J connectivity index is 2.26. The van der Waals surface area contributed by atoms with Crippen molar-refractivity contribution in [2.75, 3.05) is 14.1 Å². The molecule has 0 saturated heterocycles. The molecule has 7 nitrogen and oxygen atoms in total. The van der Waals surface area contributed by atoms with E-state index in [-0.39, 0.29) is 11.5 Å². The zero-order valence-electron chi connectivity index (χ0n) is 11.3. The van der Waals surface area contributed by atoms with Crippen LogP contribution < -0.4 is 0 Å². The zero-order valence-corrected chi connectivity index (χ0v) is 12.1. The van der Waals surface area contributed by atoms with Crippen LogP contribution in [0.25, 0.3) is 0 Å². The zero-order chi connectivity index (χ0) is 14.8. The van der Waals surface area contributed by atoms with Gasteiger partial charge in [0, 0.05) is 14.1 Å². The summed E-state index contributed by atoms with van der Waals surface area (Å²) in [5.74, 6) is 0. The molecule has 0 aliphatic carbocycles. The molecule has 0 radical (unpaired) electrons. The van der Waals surface area contributed by atoms with Crippen LogP contribution >= 0.6 is 0 Å². The van der Waals surface area contributed by atoms with Gasteiger partial charge in [-0.15, -0.1) is 5.10 Å². The van der Waals surface area contributed by atoms with Gasteiger partial charge in [0.2, 0.25) is 10.0 Å². The number of hydrogen-bond donors (Lipinski definition) is 1. The van der Waals surface area contributed by atoms with Gasteiger partial charge in [-0.05, 0) is 17.7 Å². The van der Waals surface area contributed by atoms with E-state index in [0.717, 1.165) is 5.56 Å². The summed E-state index contributed by atoms with van der Waals surface area (Å²) in [7, 11) is -0.457. The van der Waals surface area contributed by atoms with Gasteiger partial charge in [-0.1, -0.05) is 17.3 Å². The molecule has 0 fully saturated rings. The predicted molar refractivity (Wildman–Crippen MR) is 72.4 cm³/mol. The average Bonchev–Trinajstić information content (AvgIpc) is 2.86. The van der Waals surface area contributed by atoms with Crippen LogP contribution in [0.15, 0.2) is 35.4 Å². The second-order valence-corrected chi connectivity index (χ2v) is 6.65. The van der Waals surface area contributed by atoms with E-state index in [9.17, 15) is 8.42 Å². The van der Waals surface area contributed by atoms with Gasteiger partial charge in [-0.25, -0.2) is 17.4 Å². The Morgan fingerprint density at radius 3 is 2.70 bits per heavy atom. The van der Waals surface area contributed by atoms with Gasteiger partial charge < -0.3 is 5.11 Å². The number of aliphatic hydroxyl groups excluding tert-OH is 1. The van der Waals surface area contributed by atoms with Crippen LogP contribution in [0.5, 0.6) is 0 Å². The second-order valence-electron chi connectivity index (χ2n) is 4.50. The van der Waals surface area contributed by atoms with Crippen molar-refractivity contribution in [2.45, 2.75) is 18.0 Å². The first-order valence-corrected chi connectivity index (χ1v) is 7.39. The predicted octanol–water partition coefficient (Wildman–Crippen LogP) is 0.0690. The monoisotopic (exact) mass is 296 g/mol. The molecule has 0 amide bonds. The van der Waals surface area contributed by atoms with Gasteiger partial charge in [-0.2, -0.15) is 0 Å². The Labute approximate surface area is 117 Å². The van der Waals surface area contributed by atoms with E-state index >= 15 is 0 Å². The third-order valence-electron chi connectivity index (χ3n) is 2.77. The molecule has 1 aromatic carbocycles. The lowest BCUT2D eigenvalue weighted by atomic mass is 10.2. The van der Waals surface area contributed by atoms with E-state index in [2.05, 4.69) is 10.3 Å². The molecule has 20 heavy (non-hydrogen) atoms. The number of nitrogens with zero attached hydrogens (tertiary/aromatic N) is 4. The molecule has 2 rings (SSSR count). The Bertz CT molecular complexity index is 694. The van der Waals surface area contributed by atoms with Gasteiger partial charge in [0.05, 0.1) is 24.2 Å². The normalized spacial score (nSPS) is 12.0. The summed E-state index contributed by atoms with van der Waals surface area (Å²) in [4.78, 5) is 0.238. The minimum Gasteiger partial charge on any atom is -0.390 e. The molecule has 0 atom stereocenters. The Morgan fingerprint density at radius 1 is 1.35 bits per heavy atom. The van der Waals surface area contributed by atoms with Crippen LogP contribution in [0.3, 0.4) is 0 Å². The van der Waals surface area contributed by atoms with Crippen molar-refractivity contribution in [2.24, 2.45) is 0 Å². The Kier molecular flexibility index (Phi) is 4.17. The summed E-state index contributed by atoms with van der Waals surface area (Å²) in [6.07, 6.45) is 1.62. The minimum absolute atomic E-state index is 0.172. The molecule has 0 aliphatic heterocycles. The van der Waals surface area contributed by atoms with Gasteiger partial charge in [0.15, 0.2) is 0 Å². The number of rotatable bonds is 5. The first-order valence-electron chi connectivity index (χ1n) is 5.95. The topological polar surface area (TPSA) is 88.3 Å². The van der Waals surface area contributed by atoms with E-state index in [0.29, 0.717) is 12.2 Å². The fourth-order valence-corrected chi connectivity index (χ4v) is 2.66. The lowest BCUT2D eigenvalue weighted by Gasteiger charge is -2.12. The average molecular weight is 296 g/mol. The molecule has 0 unspecified atom stereocenters. The molecule has 1 heterocycles. The fourth-order valence-electron chi connectivity index (χ4n) is 1.69. The van der Waals surface area contributed by atoms with Crippen molar-refractivity contribution in [1.29, 1.82) is 0 Å². The number of aromatic nitrogens is 3. The third-order valence-corrected chi connectivity index (χ3v) is 4.58. The maximum atomic E-state index is 12.0. The molecule has 0 aliphatic rings. The molecule has 0 bridgehead atoms. The Hall–Kier alpha value is -1.77. The SMILES string of the molecule is CN(C)S(=O)(=O)c1cccc(Cn2cc(CO)nn2)c1. The number of hydrogen-bond acceptors (Lipinski definition) is 5. The van der Waals surface area contributed by atoms with E-state index in [1.165, 1.54) is 18.4 Å². The molecular weight excluding hydrogens is 280 g/mol. The number of benzene rings is 1. The highest BCUT2D eigenvalue weighted by molar-refractivity contribution is 7.89. The molecule has 1 aromatic heterocycles. The quantitative estimate of drug-likeness (QED) is 0.843. The molecule has 108 valence electrons. The van der Waals surface area contributed by atoms with Crippen LogP contribution in [0.4, 0.5) is 0 Å². The summed E-state index contributed by atoms with van der Waals surface area (Å²) < 4.78 is 26.8. The van der Waals surface area contributed by atoms with Gasteiger partial charge >= 0.3 is 0 Å². The van der Waals surface area contributed by atoms with Crippen LogP contribution in [0.2, 0.25) is 0 Å². The van der Waals surface area contributed by atoms with Crippen LogP contribution in [0, 0.1) is 0 Å². The summed E-state index contributed by atoms with van der Waals surface area (Å²) in [6, 6.07) is 6.67. The largest absolute Gasteiger partial charge is 0.390 e. The van der Waals surface area contributed by atoms with Crippen LogP contribution in [-0.4, -0.2) is 46.9 Å². The van der Waals surface area contributed by atoms with E-state index in [1.807, 2.05) is 6.07 Å². The van der Waals surface area contributed by atoms with Crippen LogP contribution in [-0.2, 0) is 23.2 Å². The summed E-state index contributed by atoms with van der Waals surface area (Å²) in [5.41, 5.74) is 1.27. The highest BCUT2D eigenvalue weighted by Crippen LogP contribution is 2.15. The van der Waals surface area contributed by atoms with Gasteiger partial charge in [0.25, 0.3) is 0 Å². The van der Waals surface area contributed by atoms with Crippen molar-refractivity contribution in [3.8, 4) is 0 Å². The van der Waals surface area contributed by atoms with Crippen molar-refractivity contribution in [3.63, 3.8) is 0 Å². The van der Waals surface area contributed by atoms with Crippen molar-refractivity contribution in [3.05, 3.63) is 41.7 Å². The fraction of sp³-hybridized carbons (Fsp3) is 0.333. The first kappa shape index (κ1) is 14.6. The van der Waals surface area contributed by atoms with E-state index < -0.39 is 10.0 Å². The lowest BCUT2D eigenvalue weighted by molar-refractivity contribution is 0.276. The van der Waals surface area contributed by atoms with Crippen molar-refractivity contribution in [1.82, 2.24) is 19.3 Å². The number of aliphatic hydroxyl groups is 1. The van der Waals surface area contributed by atoms with Gasteiger partial charge in [-0.3, -0.25) is 0 Å². The summed E-state index contributed by atoms with van der Waals surface area (Å²) in [5, 5.41) is 16.6. The molecule has 1 N–H and O–H groups in total. The molecule has 0 saturated carbocycles. The smallest absolute Gasteiger partial charge is 0.242 e. The maximum absolute atomic E-state index is 12.0. The van der Waals surface area contributed by atoms with E-state index in [4.69, 9.17) is 5.11 Å². The van der Waals surface area contributed by atoms with Gasteiger partial charge in [0.1, 0.15) is 5.69 Å². The number of sulfonamides is 1. The van der Waals surface area contributed by atoms with Crippen molar-refractivity contribution >= 4 is 10.0 Å². The summed E-state index contributed by atoms with van der Waals surface area (Å²) in [6.45, 7) is 0.221. The Morgan fingerprint density at radius 2 is 2.10 bits per heavy atom. The second kappa shape index (κ2) is 5.70. The summed E-state index contributed by atoms with van der Waals surface area (Å²) >= 11 is 0. The molecule has 2 aromatic rings. The first-order chi connectivity index (χ1) is 9.43.